The van der Waals surface area contributed by atoms with Gasteiger partial charge in [-0.25, -0.2) is 0 Å². The molecule has 1 heterocycles. The smallest absolute Gasteiger partial charge is 0.0722 e. The van der Waals surface area contributed by atoms with Crippen LogP contribution >= 0.6 is 0 Å². The van der Waals surface area contributed by atoms with Gasteiger partial charge in [-0.15, -0.1) is 0 Å². The van der Waals surface area contributed by atoms with Crippen molar-refractivity contribution in [1.29, 1.82) is 0 Å². The van der Waals surface area contributed by atoms with Gasteiger partial charge in [0.1, 0.15) is 0 Å². The van der Waals surface area contributed by atoms with E-state index in [2.05, 4.69) is 36.3 Å². The first kappa shape index (κ1) is 13.8. The number of anilines is 1. The number of aromatic nitrogens is 1. The zero-order valence-corrected chi connectivity index (χ0v) is 11.8. The molecule has 0 unspecified atom stereocenters. The van der Waals surface area contributed by atoms with Crippen molar-refractivity contribution in [2.45, 2.75) is 26.7 Å². The van der Waals surface area contributed by atoms with E-state index in [1.807, 2.05) is 24.4 Å². The van der Waals surface area contributed by atoms with Crippen molar-refractivity contribution < 1.29 is 0 Å². The average molecular weight is 257 g/mol. The zero-order chi connectivity index (χ0) is 13.7. The van der Waals surface area contributed by atoms with E-state index < -0.39 is 0 Å². The monoisotopic (exact) mass is 257 g/mol. The number of rotatable bonds is 6. The van der Waals surface area contributed by atoms with Crippen LogP contribution in [0.25, 0.3) is 10.9 Å². The molecule has 2 rings (SSSR count). The third-order valence-corrected chi connectivity index (χ3v) is 3.46. The molecule has 0 saturated carbocycles. The Morgan fingerprint density at radius 2 is 2.00 bits per heavy atom. The first-order valence-corrected chi connectivity index (χ1v) is 6.90. The van der Waals surface area contributed by atoms with Crippen molar-refractivity contribution in [3.05, 3.63) is 36.5 Å². The zero-order valence-electron chi connectivity index (χ0n) is 11.8. The minimum Gasteiger partial charge on any atom is -0.384 e. The van der Waals surface area contributed by atoms with Crippen LogP contribution in [0.1, 0.15) is 26.7 Å². The summed E-state index contributed by atoms with van der Waals surface area (Å²) in [5.41, 5.74) is 8.04. The van der Waals surface area contributed by atoms with Gasteiger partial charge in [-0.2, -0.15) is 0 Å². The maximum Gasteiger partial charge on any atom is 0.0722 e. The second-order valence-corrected chi connectivity index (χ2v) is 5.79. The molecule has 0 aliphatic heterocycles. The summed E-state index contributed by atoms with van der Waals surface area (Å²) in [5, 5.41) is 4.74. The van der Waals surface area contributed by atoms with E-state index in [1.165, 1.54) is 5.39 Å². The summed E-state index contributed by atoms with van der Waals surface area (Å²) in [7, 11) is 0. The molecule has 0 fully saturated rings. The topological polar surface area (TPSA) is 50.9 Å². The molecule has 3 heteroatoms. The maximum atomic E-state index is 5.59. The van der Waals surface area contributed by atoms with Crippen molar-refractivity contribution in [3.63, 3.8) is 0 Å². The number of benzene rings is 1. The summed E-state index contributed by atoms with van der Waals surface area (Å²) >= 11 is 0. The summed E-state index contributed by atoms with van der Waals surface area (Å²) in [6, 6.07) is 10.3. The summed E-state index contributed by atoms with van der Waals surface area (Å²) in [4.78, 5) is 4.38. The Morgan fingerprint density at radius 1 is 1.21 bits per heavy atom. The lowest BCUT2D eigenvalue weighted by atomic mass is 9.87. The number of nitrogens with zero attached hydrogens (tertiary/aromatic N) is 1. The van der Waals surface area contributed by atoms with Gasteiger partial charge in [0.2, 0.25) is 0 Å². The Kier molecular flexibility index (Phi) is 4.38. The summed E-state index contributed by atoms with van der Waals surface area (Å²) in [6.07, 6.45) is 4.07. The molecule has 102 valence electrons. The Hall–Kier alpha value is -1.61. The number of hydrogen-bond donors (Lipinski definition) is 2. The van der Waals surface area contributed by atoms with E-state index in [4.69, 9.17) is 5.73 Å². The van der Waals surface area contributed by atoms with Crippen molar-refractivity contribution in [2.75, 3.05) is 18.4 Å². The molecule has 2 aromatic rings. The average Bonchev–Trinajstić information content (AvgIpc) is 2.43. The summed E-state index contributed by atoms with van der Waals surface area (Å²) < 4.78 is 0. The number of fused-ring (bicyclic) bond motifs is 1. The van der Waals surface area contributed by atoms with Crippen molar-refractivity contribution in [1.82, 2.24) is 4.98 Å². The fourth-order valence-electron chi connectivity index (χ4n) is 2.25. The quantitative estimate of drug-likeness (QED) is 0.833. The molecule has 0 bridgehead atoms. The first-order valence-electron chi connectivity index (χ1n) is 6.90. The Labute approximate surface area is 115 Å². The van der Waals surface area contributed by atoms with E-state index in [0.717, 1.165) is 37.1 Å². The number of para-hydroxylation sites is 1. The molecule has 0 amide bonds. The molecule has 0 aliphatic rings. The highest BCUT2D eigenvalue weighted by atomic mass is 14.9. The maximum absolute atomic E-state index is 5.59. The SMILES string of the molecule is CC(C)(CCCN)CNc1ccnc2ccccc12. The van der Waals surface area contributed by atoms with Gasteiger partial charge < -0.3 is 11.1 Å². The highest BCUT2D eigenvalue weighted by molar-refractivity contribution is 5.90. The van der Waals surface area contributed by atoms with Gasteiger partial charge in [0.15, 0.2) is 0 Å². The molecule has 1 aromatic carbocycles. The fourth-order valence-corrected chi connectivity index (χ4v) is 2.25. The minimum atomic E-state index is 0.254. The molecule has 0 radical (unpaired) electrons. The van der Waals surface area contributed by atoms with Gasteiger partial charge in [-0.3, -0.25) is 4.98 Å². The lowest BCUT2D eigenvalue weighted by Gasteiger charge is -2.25. The molecular formula is C16H23N3. The second kappa shape index (κ2) is 6.02. The van der Waals surface area contributed by atoms with E-state index in [1.54, 1.807) is 0 Å². The van der Waals surface area contributed by atoms with E-state index in [9.17, 15) is 0 Å². The Balaban J connectivity index is 2.09. The van der Waals surface area contributed by atoms with E-state index >= 15 is 0 Å². The lowest BCUT2D eigenvalue weighted by molar-refractivity contribution is 0.350. The largest absolute Gasteiger partial charge is 0.384 e. The molecule has 0 spiro atoms. The van der Waals surface area contributed by atoms with Crippen molar-refractivity contribution in [3.8, 4) is 0 Å². The molecule has 3 nitrogen and oxygen atoms in total. The third kappa shape index (κ3) is 3.67. The summed E-state index contributed by atoms with van der Waals surface area (Å²) in [6.45, 7) is 6.26. The molecule has 0 aliphatic carbocycles. The standard InChI is InChI=1S/C16H23N3/c1-16(2,9-5-10-17)12-19-15-8-11-18-14-7-4-3-6-13(14)15/h3-4,6-8,11H,5,9-10,12,17H2,1-2H3,(H,18,19). The normalized spacial score (nSPS) is 11.7. The summed E-state index contributed by atoms with van der Waals surface area (Å²) in [5.74, 6) is 0. The number of nitrogens with one attached hydrogen (secondary N) is 1. The lowest BCUT2D eigenvalue weighted by Crippen LogP contribution is -2.24. The van der Waals surface area contributed by atoms with E-state index in [0.29, 0.717) is 0 Å². The molecule has 0 saturated heterocycles. The van der Waals surface area contributed by atoms with Crippen LogP contribution in [-0.2, 0) is 0 Å². The van der Waals surface area contributed by atoms with Crippen LogP contribution in [0.3, 0.4) is 0 Å². The van der Waals surface area contributed by atoms with Gasteiger partial charge >= 0.3 is 0 Å². The van der Waals surface area contributed by atoms with Crippen LogP contribution in [0.15, 0.2) is 36.5 Å². The number of pyridine rings is 1. The molecule has 19 heavy (non-hydrogen) atoms. The van der Waals surface area contributed by atoms with Crippen molar-refractivity contribution >= 4 is 16.6 Å². The number of nitrogens with two attached hydrogens (primary N) is 1. The second-order valence-electron chi connectivity index (χ2n) is 5.79. The van der Waals surface area contributed by atoms with Crippen LogP contribution in [0, 0.1) is 5.41 Å². The Morgan fingerprint density at radius 3 is 2.79 bits per heavy atom. The third-order valence-electron chi connectivity index (χ3n) is 3.46. The van der Waals surface area contributed by atoms with Crippen LogP contribution in [0.2, 0.25) is 0 Å². The van der Waals surface area contributed by atoms with Gasteiger partial charge in [-0.1, -0.05) is 32.0 Å². The van der Waals surface area contributed by atoms with Gasteiger partial charge in [0.05, 0.1) is 5.52 Å². The van der Waals surface area contributed by atoms with Crippen LogP contribution in [-0.4, -0.2) is 18.1 Å². The van der Waals surface area contributed by atoms with Crippen LogP contribution < -0.4 is 11.1 Å². The van der Waals surface area contributed by atoms with Gasteiger partial charge in [0.25, 0.3) is 0 Å². The van der Waals surface area contributed by atoms with Crippen LogP contribution in [0.4, 0.5) is 5.69 Å². The van der Waals surface area contributed by atoms with Crippen molar-refractivity contribution in [2.24, 2.45) is 11.1 Å². The highest BCUT2D eigenvalue weighted by Gasteiger charge is 2.17. The minimum absolute atomic E-state index is 0.254. The predicted octanol–water partition coefficient (Wildman–Crippen LogP) is 3.41. The predicted molar refractivity (Wildman–Crippen MR) is 82.3 cm³/mol. The first-order chi connectivity index (χ1) is 9.12. The van der Waals surface area contributed by atoms with Crippen LogP contribution in [0.5, 0.6) is 0 Å². The molecule has 0 atom stereocenters. The Bertz CT molecular complexity index is 529. The number of hydrogen-bond acceptors (Lipinski definition) is 3. The van der Waals surface area contributed by atoms with E-state index in [-0.39, 0.29) is 5.41 Å². The molecule has 1 aromatic heterocycles. The fraction of sp³-hybridized carbons (Fsp3) is 0.438. The molecule has 3 N–H and O–H groups in total. The molecular weight excluding hydrogens is 234 g/mol. The highest BCUT2D eigenvalue weighted by Crippen LogP contribution is 2.25. The van der Waals surface area contributed by atoms with Gasteiger partial charge in [0, 0.05) is 23.8 Å². The van der Waals surface area contributed by atoms with Gasteiger partial charge in [-0.05, 0) is 36.9 Å².